The highest BCUT2D eigenvalue weighted by molar-refractivity contribution is 7.13. The van der Waals surface area contributed by atoms with Crippen molar-refractivity contribution in [3.63, 3.8) is 0 Å². The van der Waals surface area contributed by atoms with E-state index in [9.17, 15) is 14.9 Å². The molecule has 116 valence electrons. The smallest absolute Gasteiger partial charge is 0.269 e. The fourth-order valence-electron chi connectivity index (χ4n) is 1.94. The van der Waals surface area contributed by atoms with Gasteiger partial charge >= 0.3 is 0 Å². The minimum atomic E-state index is -0.511. The van der Waals surface area contributed by atoms with Gasteiger partial charge in [-0.05, 0) is 23.6 Å². The van der Waals surface area contributed by atoms with Gasteiger partial charge in [-0.15, -0.1) is 11.3 Å². The number of carbonyl (C=O) groups is 1. The second-order valence-electron chi connectivity index (χ2n) is 4.65. The third-order valence-electron chi connectivity index (χ3n) is 3.09. The zero-order valence-corrected chi connectivity index (χ0v) is 12.6. The molecule has 0 saturated heterocycles. The zero-order chi connectivity index (χ0) is 16.2. The van der Waals surface area contributed by atoms with Crippen LogP contribution in [0, 0.1) is 10.1 Å². The molecule has 0 saturated carbocycles. The van der Waals surface area contributed by atoms with Crippen LogP contribution in [0.3, 0.4) is 0 Å². The van der Waals surface area contributed by atoms with Gasteiger partial charge < -0.3 is 9.84 Å². The molecule has 8 heteroatoms. The monoisotopic (exact) mass is 329 g/mol. The molecule has 0 spiro atoms. The van der Waals surface area contributed by atoms with Gasteiger partial charge in [-0.25, -0.2) is 0 Å². The van der Waals surface area contributed by atoms with Gasteiger partial charge in [0.25, 0.3) is 11.6 Å². The van der Waals surface area contributed by atoms with Crippen molar-refractivity contribution < 1.29 is 14.2 Å². The summed E-state index contributed by atoms with van der Waals surface area (Å²) in [5.74, 6) is 0.320. The summed E-state index contributed by atoms with van der Waals surface area (Å²) < 4.78 is 5.22. The summed E-state index contributed by atoms with van der Waals surface area (Å²) in [6, 6.07) is 11.0. The molecule has 0 bridgehead atoms. The van der Waals surface area contributed by atoms with Crippen LogP contribution in [0.1, 0.15) is 16.1 Å². The maximum absolute atomic E-state index is 12.0. The van der Waals surface area contributed by atoms with Crippen LogP contribution in [0.25, 0.3) is 10.6 Å². The molecule has 0 aliphatic rings. The first-order chi connectivity index (χ1) is 11.1. The Balaban J connectivity index is 1.61. The number of hydrogen-bond acceptors (Lipinski definition) is 6. The van der Waals surface area contributed by atoms with Crippen LogP contribution in [0.2, 0.25) is 0 Å². The van der Waals surface area contributed by atoms with E-state index in [1.54, 1.807) is 6.07 Å². The molecule has 1 aromatic carbocycles. The SMILES string of the molecule is O=C(NCc1cc(-c2cccs2)on1)c1ccc([N+](=O)[O-])cc1. The van der Waals surface area contributed by atoms with E-state index in [-0.39, 0.29) is 18.1 Å². The number of rotatable bonds is 5. The van der Waals surface area contributed by atoms with E-state index in [0.717, 1.165) is 4.88 Å². The molecule has 0 aliphatic carbocycles. The number of amides is 1. The lowest BCUT2D eigenvalue weighted by molar-refractivity contribution is -0.384. The van der Waals surface area contributed by atoms with E-state index < -0.39 is 4.92 Å². The molecule has 0 fully saturated rings. The summed E-state index contributed by atoms with van der Waals surface area (Å²) in [5, 5.41) is 19.1. The van der Waals surface area contributed by atoms with E-state index in [4.69, 9.17) is 4.52 Å². The van der Waals surface area contributed by atoms with Gasteiger partial charge in [-0.3, -0.25) is 14.9 Å². The van der Waals surface area contributed by atoms with Crippen molar-refractivity contribution in [2.75, 3.05) is 0 Å². The maximum Gasteiger partial charge on any atom is 0.269 e. The minimum absolute atomic E-state index is 0.0568. The fourth-order valence-corrected chi connectivity index (χ4v) is 2.61. The van der Waals surface area contributed by atoms with Crippen molar-refractivity contribution in [3.05, 3.63) is 69.2 Å². The molecule has 7 nitrogen and oxygen atoms in total. The number of thiophene rings is 1. The van der Waals surface area contributed by atoms with Crippen LogP contribution in [0.4, 0.5) is 5.69 Å². The van der Waals surface area contributed by atoms with Crippen LogP contribution >= 0.6 is 11.3 Å². The van der Waals surface area contributed by atoms with E-state index in [0.29, 0.717) is 17.0 Å². The van der Waals surface area contributed by atoms with Crippen molar-refractivity contribution in [2.45, 2.75) is 6.54 Å². The predicted molar refractivity (Wildman–Crippen MR) is 84.1 cm³/mol. The number of non-ortho nitro benzene ring substituents is 1. The third-order valence-corrected chi connectivity index (χ3v) is 3.98. The van der Waals surface area contributed by atoms with Gasteiger partial charge in [0.05, 0.1) is 16.3 Å². The Kier molecular flexibility index (Phi) is 4.15. The number of hydrogen-bond donors (Lipinski definition) is 1. The number of nitro benzene ring substituents is 1. The Labute approximate surface area is 134 Å². The number of nitrogens with one attached hydrogen (secondary N) is 1. The lowest BCUT2D eigenvalue weighted by atomic mass is 10.2. The van der Waals surface area contributed by atoms with Crippen LogP contribution in [-0.4, -0.2) is 16.0 Å². The summed E-state index contributed by atoms with van der Waals surface area (Å²) in [5.41, 5.74) is 0.889. The molecule has 3 aromatic rings. The normalized spacial score (nSPS) is 10.4. The van der Waals surface area contributed by atoms with Crippen LogP contribution in [-0.2, 0) is 6.54 Å². The molecule has 1 amide bonds. The van der Waals surface area contributed by atoms with Gasteiger partial charge in [-0.2, -0.15) is 0 Å². The van der Waals surface area contributed by atoms with Gasteiger partial charge in [0, 0.05) is 23.8 Å². The van der Waals surface area contributed by atoms with Crippen molar-refractivity contribution >= 4 is 22.9 Å². The van der Waals surface area contributed by atoms with Crippen LogP contribution < -0.4 is 5.32 Å². The molecular formula is C15H11N3O4S. The second kappa shape index (κ2) is 6.41. The van der Waals surface area contributed by atoms with E-state index >= 15 is 0 Å². The van der Waals surface area contributed by atoms with Crippen molar-refractivity contribution in [1.29, 1.82) is 0 Å². The third kappa shape index (κ3) is 3.43. The number of nitro groups is 1. The predicted octanol–water partition coefficient (Wildman–Crippen LogP) is 3.24. The lowest BCUT2D eigenvalue weighted by Gasteiger charge is -2.02. The summed E-state index contributed by atoms with van der Waals surface area (Å²) in [6.07, 6.45) is 0. The lowest BCUT2D eigenvalue weighted by Crippen LogP contribution is -2.22. The Morgan fingerprint density at radius 3 is 2.74 bits per heavy atom. The standard InChI is InChI=1S/C15H11N3O4S/c19-15(10-3-5-12(6-4-10)18(20)21)16-9-11-8-13(22-17-11)14-2-1-7-23-14/h1-8H,9H2,(H,16,19). The van der Waals surface area contributed by atoms with Gasteiger partial charge in [0.2, 0.25) is 0 Å². The zero-order valence-electron chi connectivity index (χ0n) is 11.8. The molecular weight excluding hydrogens is 318 g/mol. The Hall–Kier alpha value is -3.00. The maximum atomic E-state index is 12.0. The molecule has 3 rings (SSSR count). The number of aromatic nitrogens is 1. The Morgan fingerprint density at radius 2 is 2.09 bits per heavy atom. The molecule has 2 aromatic heterocycles. The second-order valence-corrected chi connectivity index (χ2v) is 5.59. The minimum Gasteiger partial charge on any atom is -0.355 e. The highest BCUT2D eigenvalue weighted by Gasteiger charge is 2.11. The van der Waals surface area contributed by atoms with E-state index in [2.05, 4.69) is 10.5 Å². The van der Waals surface area contributed by atoms with Crippen molar-refractivity contribution in [1.82, 2.24) is 10.5 Å². The van der Waals surface area contributed by atoms with Gasteiger partial charge in [0.1, 0.15) is 5.69 Å². The fraction of sp³-hybridized carbons (Fsp3) is 0.0667. The summed E-state index contributed by atoms with van der Waals surface area (Å²) >= 11 is 1.54. The first kappa shape index (κ1) is 14.9. The van der Waals surface area contributed by atoms with Gasteiger partial charge in [-0.1, -0.05) is 11.2 Å². The highest BCUT2D eigenvalue weighted by Crippen LogP contribution is 2.25. The topological polar surface area (TPSA) is 98.3 Å². The highest BCUT2D eigenvalue weighted by atomic mass is 32.1. The first-order valence-electron chi connectivity index (χ1n) is 6.65. The van der Waals surface area contributed by atoms with Gasteiger partial charge in [0.15, 0.2) is 5.76 Å². The average molecular weight is 329 g/mol. The van der Waals surface area contributed by atoms with Crippen LogP contribution in [0.15, 0.2) is 52.4 Å². The molecule has 23 heavy (non-hydrogen) atoms. The molecule has 0 aliphatic heterocycles. The number of benzene rings is 1. The molecule has 0 unspecified atom stereocenters. The largest absolute Gasteiger partial charge is 0.355 e. The number of nitrogens with zero attached hydrogens (tertiary/aromatic N) is 2. The Morgan fingerprint density at radius 1 is 1.30 bits per heavy atom. The summed E-state index contributed by atoms with van der Waals surface area (Å²) in [7, 11) is 0. The van der Waals surface area contributed by atoms with Crippen molar-refractivity contribution in [2.24, 2.45) is 0 Å². The van der Waals surface area contributed by atoms with E-state index in [1.807, 2.05) is 17.5 Å². The molecule has 1 N–H and O–H groups in total. The van der Waals surface area contributed by atoms with Crippen molar-refractivity contribution in [3.8, 4) is 10.6 Å². The van der Waals surface area contributed by atoms with E-state index in [1.165, 1.54) is 35.6 Å². The molecule has 0 radical (unpaired) electrons. The van der Waals surface area contributed by atoms with Crippen LogP contribution in [0.5, 0.6) is 0 Å². The number of carbonyl (C=O) groups excluding carboxylic acids is 1. The molecule has 0 atom stereocenters. The average Bonchev–Trinajstić information content (AvgIpc) is 3.23. The quantitative estimate of drug-likeness (QED) is 0.572. The first-order valence-corrected chi connectivity index (χ1v) is 7.53. The molecule has 2 heterocycles. The summed E-state index contributed by atoms with van der Waals surface area (Å²) in [4.78, 5) is 23.0. The summed E-state index contributed by atoms with van der Waals surface area (Å²) in [6.45, 7) is 0.213. The Bertz CT molecular complexity index is 825.